The molecule has 5 aromatic rings. The van der Waals surface area contributed by atoms with Crippen LogP contribution in [0, 0.1) is 0 Å². The smallest absolute Gasteiger partial charge is 0.0658 e. The minimum Gasteiger partial charge on any atom is -0.310 e. The van der Waals surface area contributed by atoms with Crippen molar-refractivity contribution in [1.82, 2.24) is 29.1 Å². The quantitative estimate of drug-likeness (QED) is 0.298. The van der Waals surface area contributed by atoms with Crippen LogP contribution in [-0.2, 0) is 0 Å². The number of hydrogen-bond donors (Lipinski definition) is 0. The van der Waals surface area contributed by atoms with E-state index in [2.05, 4.69) is 91.9 Å². The normalized spacial score (nSPS) is 12.2. The minimum atomic E-state index is 0.899. The first kappa shape index (κ1) is 20.3. The van der Waals surface area contributed by atoms with Crippen molar-refractivity contribution in [2.24, 2.45) is 0 Å². The molecule has 0 amide bonds. The average molecular weight is 465 g/mol. The van der Waals surface area contributed by atoms with Gasteiger partial charge in [0.05, 0.1) is 22.8 Å². The molecule has 0 saturated carbocycles. The van der Waals surface area contributed by atoms with Gasteiger partial charge in [0, 0.05) is 58.2 Å². The van der Waals surface area contributed by atoms with Gasteiger partial charge in [0.15, 0.2) is 0 Å². The summed E-state index contributed by atoms with van der Waals surface area (Å²) in [5, 5.41) is 0. The van der Waals surface area contributed by atoms with Crippen LogP contribution in [0.3, 0.4) is 0 Å². The van der Waals surface area contributed by atoms with E-state index in [1.54, 1.807) is 0 Å². The molecule has 0 saturated heterocycles. The van der Waals surface area contributed by atoms with Crippen LogP contribution >= 0.6 is 0 Å². The lowest BCUT2D eigenvalue weighted by atomic mass is 10.3. The molecule has 0 aliphatic carbocycles. The maximum absolute atomic E-state index is 4.89. The molecule has 6 heteroatoms. The molecule has 7 heterocycles. The van der Waals surface area contributed by atoms with E-state index in [1.165, 1.54) is 0 Å². The molecule has 2 aliphatic heterocycles. The largest absolute Gasteiger partial charge is 0.310 e. The van der Waals surface area contributed by atoms with Crippen LogP contribution in [0.1, 0.15) is 22.8 Å². The van der Waals surface area contributed by atoms with Gasteiger partial charge in [0.25, 0.3) is 0 Å². The summed E-state index contributed by atoms with van der Waals surface area (Å²) in [6.45, 7) is 0. The van der Waals surface area contributed by atoms with E-state index in [0.29, 0.717) is 0 Å². The predicted octanol–water partition coefficient (Wildman–Crippen LogP) is 6.37. The minimum absolute atomic E-state index is 0.899. The van der Waals surface area contributed by atoms with Gasteiger partial charge in [0.2, 0.25) is 0 Å². The predicted molar refractivity (Wildman–Crippen MR) is 144 cm³/mol. The summed E-state index contributed by atoms with van der Waals surface area (Å²) in [4.78, 5) is 18.2. The second-order valence-electron chi connectivity index (χ2n) is 8.61. The Hall–Kier alpha value is -5.10. The third-order valence-corrected chi connectivity index (χ3v) is 6.27. The molecule has 0 fully saturated rings. The van der Waals surface area contributed by atoms with Gasteiger partial charge in [-0.25, -0.2) is 9.97 Å². The number of aromatic nitrogens is 6. The van der Waals surface area contributed by atoms with E-state index in [9.17, 15) is 0 Å². The lowest BCUT2D eigenvalue weighted by Gasteiger charge is -2.06. The van der Waals surface area contributed by atoms with Crippen molar-refractivity contribution >= 4 is 46.4 Å². The Morgan fingerprint density at radius 1 is 0.389 bits per heavy atom. The number of rotatable bonds is 2. The van der Waals surface area contributed by atoms with Gasteiger partial charge < -0.3 is 9.13 Å². The second-order valence-corrected chi connectivity index (χ2v) is 8.61. The van der Waals surface area contributed by atoms with Gasteiger partial charge in [-0.05, 0) is 97.1 Å². The highest BCUT2D eigenvalue weighted by atomic mass is 15.0. The van der Waals surface area contributed by atoms with Gasteiger partial charge >= 0.3 is 0 Å². The summed E-state index contributed by atoms with van der Waals surface area (Å²) >= 11 is 0. The molecule has 36 heavy (non-hydrogen) atoms. The number of hydrogen-bond acceptors (Lipinski definition) is 4. The van der Waals surface area contributed by atoms with Crippen LogP contribution in [0.15, 0.2) is 97.6 Å². The third kappa shape index (κ3) is 3.61. The SMILES string of the molecule is C1=Cc2cc3ccc(cc4nc(cc5ccc(cc1n2)n5-c1ccncc1)C=C4)n3-c1ccncc1. The van der Waals surface area contributed by atoms with Crippen molar-refractivity contribution in [3.8, 4) is 11.4 Å². The van der Waals surface area contributed by atoms with E-state index >= 15 is 0 Å². The Kier molecular flexibility index (Phi) is 4.67. The summed E-state index contributed by atoms with van der Waals surface area (Å²) in [5.74, 6) is 0. The molecule has 8 bridgehead atoms. The maximum atomic E-state index is 4.89. The molecule has 0 aromatic carbocycles. The Balaban J connectivity index is 1.58. The molecule has 0 atom stereocenters. The molecule has 0 N–H and O–H groups in total. The fourth-order valence-corrected chi connectivity index (χ4v) is 4.69. The van der Waals surface area contributed by atoms with Crippen LogP contribution in [0.2, 0.25) is 0 Å². The molecule has 170 valence electrons. The van der Waals surface area contributed by atoms with Gasteiger partial charge in [-0.3, -0.25) is 9.97 Å². The van der Waals surface area contributed by atoms with Crippen molar-refractivity contribution in [3.63, 3.8) is 0 Å². The number of nitrogens with zero attached hydrogens (tertiary/aromatic N) is 6. The summed E-state index contributed by atoms with van der Waals surface area (Å²) in [5.41, 5.74) is 9.79. The lowest BCUT2D eigenvalue weighted by Crippen LogP contribution is -1.94. The number of pyridine rings is 2. The zero-order valence-electron chi connectivity index (χ0n) is 19.2. The van der Waals surface area contributed by atoms with Gasteiger partial charge in [-0.2, -0.15) is 0 Å². The fourth-order valence-electron chi connectivity index (χ4n) is 4.69. The Morgan fingerprint density at radius 2 is 0.694 bits per heavy atom. The molecular weight excluding hydrogens is 444 g/mol. The average Bonchev–Trinajstić information content (AvgIpc) is 3.70. The van der Waals surface area contributed by atoms with Crippen molar-refractivity contribution in [2.45, 2.75) is 0 Å². The number of fused-ring (bicyclic) bond motifs is 8. The van der Waals surface area contributed by atoms with Crippen molar-refractivity contribution in [3.05, 3.63) is 120 Å². The van der Waals surface area contributed by atoms with Gasteiger partial charge in [0.1, 0.15) is 0 Å². The molecule has 6 nitrogen and oxygen atoms in total. The monoisotopic (exact) mass is 464 g/mol. The highest BCUT2D eigenvalue weighted by molar-refractivity contribution is 5.80. The van der Waals surface area contributed by atoms with Crippen LogP contribution < -0.4 is 0 Å². The topological polar surface area (TPSA) is 61.4 Å². The zero-order chi connectivity index (χ0) is 23.9. The van der Waals surface area contributed by atoms with E-state index in [-0.39, 0.29) is 0 Å². The molecule has 0 spiro atoms. The molecule has 0 radical (unpaired) electrons. The lowest BCUT2D eigenvalue weighted by molar-refractivity contribution is 1.14. The second kappa shape index (κ2) is 8.29. The first-order chi connectivity index (χ1) is 17.8. The maximum Gasteiger partial charge on any atom is 0.0658 e. The van der Waals surface area contributed by atoms with Gasteiger partial charge in [-0.15, -0.1) is 0 Å². The van der Waals surface area contributed by atoms with Crippen molar-refractivity contribution in [2.75, 3.05) is 0 Å². The van der Waals surface area contributed by atoms with E-state index in [1.807, 2.05) is 49.1 Å². The van der Waals surface area contributed by atoms with Crippen LogP contribution in [0.4, 0.5) is 0 Å². The van der Waals surface area contributed by atoms with Crippen LogP contribution in [-0.4, -0.2) is 29.1 Å². The molecule has 0 unspecified atom stereocenters. The standard InChI is InChI=1S/C30H20N6/c1-2-22-18-28-7-8-30(36(28)26-11-15-32-16-12-26)20-24-4-3-23(34-24)19-29-6-5-27(17-21(1)33-22)35(29)25-9-13-31-14-10-25/h1-20H. The zero-order valence-corrected chi connectivity index (χ0v) is 19.2. The summed E-state index contributed by atoms with van der Waals surface area (Å²) < 4.78 is 4.40. The molecular formula is C30H20N6. The molecule has 5 aromatic heterocycles. The molecule has 7 rings (SSSR count). The third-order valence-electron chi connectivity index (χ3n) is 6.27. The fraction of sp³-hybridized carbons (Fsp3) is 0. The Labute approximate surface area is 207 Å². The Morgan fingerprint density at radius 3 is 1.00 bits per heavy atom. The summed E-state index contributed by atoms with van der Waals surface area (Å²) in [6.07, 6.45) is 15.4. The van der Waals surface area contributed by atoms with E-state index in [0.717, 1.165) is 56.2 Å². The van der Waals surface area contributed by atoms with Gasteiger partial charge in [-0.1, -0.05) is 0 Å². The van der Waals surface area contributed by atoms with Crippen molar-refractivity contribution < 1.29 is 0 Å². The Bertz CT molecular complexity index is 1600. The highest BCUT2D eigenvalue weighted by Crippen LogP contribution is 2.24. The first-order valence-electron chi connectivity index (χ1n) is 11.7. The van der Waals surface area contributed by atoms with Crippen molar-refractivity contribution in [1.29, 1.82) is 0 Å². The van der Waals surface area contributed by atoms with Crippen LogP contribution in [0.25, 0.3) is 57.7 Å². The van der Waals surface area contributed by atoms with E-state index < -0.39 is 0 Å². The first-order valence-corrected chi connectivity index (χ1v) is 11.7. The summed E-state index contributed by atoms with van der Waals surface area (Å²) in [6, 6.07) is 24.9. The highest BCUT2D eigenvalue weighted by Gasteiger charge is 2.08. The summed E-state index contributed by atoms with van der Waals surface area (Å²) in [7, 11) is 0. The van der Waals surface area contributed by atoms with E-state index in [4.69, 9.17) is 9.97 Å². The van der Waals surface area contributed by atoms with Crippen LogP contribution in [0.5, 0.6) is 0 Å². The molecule has 2 aliphatic rings.